The minimum Gasteiger partial charge on any atom is -0.492 e. The number of aromatic nitrogens is 2. The Morgan fingerprint density at radius 1 is 1.17 bits per heavy atom. The van der Waals surface area contributed by atoms with Crippen LogP contribution in [0.1, 0.15) is 5.01 Å². The lowest BCUT2D eigenvalue weighted by Crippen LogP contribution is -2.47. The second-order valence-corrected chi connectivity index (χ2v) is 8.05. The molecular formula is C16H21ClN4OS2. The maximum atomic E-state index is 5.87. The molecule has 2 heterocycles. The zero-order valence-corrected chi connectivity index (χ0v) is 16.0. The molecule has 130 valence electrons. The molecule has 0 bridgehead atoms. The fraction of sp³-hybridized carbons (Fsp3) is 0.500. The van der Waals surface area contributed by atoms with Gasteiger partial charge in [0.05, 0.1) is 6.67 Å². The largest absolute Gasteiger partial charge is 0.492 e. The first kappa shape index (κ1) is 17.8. The van der Waals surface area contributed by atoms with E-state index in [0.717, 1.165) is 59.1 Å². The first-order valence-electron chi connectivity index (χ1n) is 7.98. The molecule has 0 N–H and O–H groups in total. The molecule has 0 atom stereocenters. The third kappa shape index (κ3) is 5.00. The van der Waals surface area contributed by atoms with Gasteiger partial charge in [0, 0.05) is 37.7 Å². The van der Waals surface area contributed by atoms with Crippen molar-refractivity contribution in [2.24, 2.45) is 0 Å². The Labute approximate surface area is 156 Å². The predicted octanol–water partition coefficient (Wildman–Crippen LogP) is 3.29. The zero-order valence-electron chi connectivity index (χ0n) is 13.7. The normalized spacial score (nSPS) is 16.4. The van der Waals surface area contributed by atoms with Gasteiger partial charge in [-0.05, 0) is 43.4 Å². The van der Waals surface area contributed by atoms with E-state index in [2.05, 4.69) is 14.9 Å². The fourth-order valence-electron chi connectivity index (χ4n) is 2.67. The Morgan fingerprint density at radius 3 is 2.46 bits per heavy atom. The Morgan fingerprint density at radius 2 is 1.83 bits per heavy atom. The number of hydrogen-bond donors (Lipinski definition) is 0. The monoisotopic (exact) mass is 384 g/mol. The van der Waals surface area contributed by atoms with Crippen molar-refractivity contribution >= 4 is 35.2 Å². The summed E-state index contributed by atoms with van der Waals surface area (Å²) in [5.74, 6) is 0.867. The maximum Gasteiger partial charge on any atom is 0.180 e. The summed E-state index contributed by atoms with van der Waals surface area (Å²) in [5.41, 5.74) is 0. The maximum absolute atomic E-state index is 5.87. The molecule has 0 unspecified atom stereocenters. The first-order chi connectivity index (χ1) is 11.6. The molecule has 1 saturated heterocycles. The van der Waals surface area contributed by atoms with E-state index in [1.165, 1.54) is 0 Å². The Kier molecular flexibility index (Phi) is 6.24. The summed E-state index contributed by atoms with van der Waals surface area (Å²) in [4.78, 5) is 4.82. The summed E-state index contributed by atoms with van der Waals surface area (Å²) in [6.07, 6.45) is 0. The van der Waals surface area contributed by atoms with Gasteiger partial charge in [-0.25, -0.2) is 4.68 Å². The Bertz CT molecular complexity index is 708. The summed E-state index contributed by atoms with van der Waals surface area (Å²) in [6.45, 7) is 8.55. The lowest BCUT2D eigenvalue weighted by atomic mass is 10.3. The number of halogens is 1. The smallest absolute Gasteiger partial charge is 0.180 e. The van der Waals surface area contributed by atoms with Crippen LogP contribution >= 0.6 is 35.2 Å². The molecule has 1 aromatic carbocycles. The van der Waals surface area contributed by atoms with Gasteiger partial charge in [-0.2, -0.15) is 5.10 Å². The molecule has 5 nitrogen and oxygen atoms in total. The van der Waals surface area contributed by atoms with Crippen molar-refractivity contribution in [2.75, 3.05) is 39.3 Å². The third-order valence-corrected chi connectivity index (χ3v) is 5.47. The second kappa shape index (κ2) is 8.40. The lowest BCUT2D eigenvalue weighted by molar-refractivity contribution is 0.0923. The SMILES string of the molecule is Cc1nn(CN2CCN(CCOc3ccc(Cl)cc3)CC2)c(=S)s1. The van der Waals surface area contributed by atoms with Crippen molar-refractivity contribution in [1.29, 1.82) is 0 Å². The highest BCUT2D eigenvalue weighted by atomic mass is 35.5. The average Bonchev–Trinajstić information content (AvgIpc) is 2.88. The van der Waals surface area contributed by atoms with Crippen molar-refractivity contribution in [3.8, 4) is 5.75 Å². The molecule has 2 aromatic rings. The van der Waals surface area contributed by atoms with E-state index in [0.29, 0.717) is 6.61 Å². The number of aryl methyl sites for hydroxylation is 1. The number of ether oxygens (including phenoxy) is 1. The lowest BCUT2D eigenvalue weighted by Gasteiger charge is -2.34. The quantitative estimate of drug-likeness (QED) is 0.714. The van der Waals surface area contributed by atoms with Crippen molar-refractivity contribution in [1.82, 2.24) is 19.6 Å². The van der Waals surface area contributed by atoms with E-state index in [9.17, 15) is 0 Å². The number of piperazine rings is 1. The van der Waals surface area contributed by atoms with Gasteiger partial charge in [0.25, 0.3) is 0 Å². The molecule has 0 spiro atoms. The van der Waals surface area contributed by atoms with Crippen molar-refractivity contribution in [3.05, 3.63) is 38.3 Å². The number of benzene rings is 1. The summed E-state index contributed by atoms with van der Waals surface area (Å²) in [6, 6.07) is 7.50. The molecule has 8 heteroatoms. The molecular weight excluding hydrogens is 364 g/mol. The van der Waals surface area contributed by atoms with Gasteiger partial charge in [-0.3, -0.25) is 9.80 Å². The minimum atomic E-state index is 0.692. The van der Waals surface area contributed by atoms with Crippen LogP contribution in [0.5, 0.6) is 5.75 Å². The van der Waals surface area contributed by atoms with Crippen LogP contribution in [0.2, 0.25) is 5.02 Å². The van der Waals surface area contributed by atoms with E-state index < -0.39 is 0 Å². The van der Waals surface area contributed by atoms with Crippen LogP contribution in [-0.4, -0.2) is 58.9 Å². The first-order valence-corrected chi connectivity index (χ1v) is 9.58. The van der Waals surface area contributed by atoms with Gasteiger partial charge >= 0.3 is 0 Å². The van der Waals surface area contributed by atoms with Gasteiger partial charge in [0.1, 0.15) is 17.4 Å². The highest BCUT2D eigenvalue weighted by Gasteiger charge is 2.17. The zero-order chi connectivity index (χ0) is 16.9. The fourth-order valence-corrected chi connectivity index (χ4v) is 3.85. The highest BCUT2D eigenvalue weighted by Crippen LogP contribution is 2.15. The molecule has 1 aliphatic heterocycles. The summed E-state index contributed by atoms with van der Waals surface area (Å²) < 4.78 is 8.54. The van der Waals surface area contributed by atoms with Gasteiger partial charge < -0.3 is 4.74 Å². The Balaban J connectivity index is 1.38. The molecule has 3 rings (SSSR count). The van der Waals surface area contributed by atoms with Crippen LogP contribution in [-0.2, 0) is 6.67 Å². The van der Waals surface area contributed by atoms with Crippen LogP contribution in [0.25, 0.3) is 0 Å². The van der Waals surface area contributed by atoms with Crippen LogP contribution < -0.4 is 4.74 Å². The van der Waals surface area contributed by atoms with Crippen LogP contribution in [0.15, 0.2) is 24.3 Å². The number of rotatable bonds is 6. The highest BCUT2D eigenvalue weighted by molar-refractivity contribution is 7.73. The summed E-state index contributed by atoms with van der Waals surface area (Å²) in [7, 11) is 0. The Hall–Kier alpha value is -0.990. The molecule has 24 heavy (non-hydrogen) atoms. The molecule has 0 radical (unpaired) electrons. The van der Waals surface area contributed by atoms with Crippen LogP contribution in [0.4, 0.5) is 0 Å². The molecule has 1 fully saturated rings. The summed E-state index contributed by atoms with van der Waals surface area (Å²) >= 11 is 12.8. The van der Waals surface area contributed by atoms with Gasteiger partial charge in [-0.1, -0.05) is 22.9 Å². The molecule has 1 aromatic heterocycles. The van der Waals surface area contributed by atoms with Crippen molar-refractivity contribution in [3.63, 3.8) is 0 Å². The van der Waals surface area contributed by atoms with Crippen LogP contribution in [0, 0.1) is 10.9 Å². The molecule has 0 aliphatic carbocycles. The van der Waals surface area contributed by atoms with Gasteiger partial charge in [0.15, 0.2) is 3.95 Å². The number of nitrogens with zero attached hydrogens (tertiary/aromatic N) is 4. The van der Waals surface area contributed by atoms with Crippen LogP contribution in [0.3, 0.4) is 0 Å². The standard InChI is InChI=1S/C16H21ClN4OS2/c1-13-18-21(16(23)24-13)12-20-8-6-19(7-9-20)10-11-22-15-4-2-14(17)3-5-15/h2-5H,6-12H2,1H3. The molecule has 1 aliphatic rings. The molecule has 0 saturated carbocycles. The number of hydrogen-bond acceptors (Lipinski definition) is 6. The van der Waals surface area contributed by atoms with E-state index >= 15 is 0 Å². The van der Waals surface area contributed by atoms with E-state index in [4.69, 9.17) is 28.6 Å². The van der Waals surface area contributed by atoms with E-state index in [1.54, 1.807) is 11.3 Å². The minimum absolute atomic E-state index is 0.692. The van der Waals surface area contributed by atoms with E-state index in [-0.39, 0.29) is 0 Å². The summed E-state index contributed by atoms with van der Waals surface area (Å²) in [5, 5.41) is 6.22. The topological polar surface area (TPSA) is 33.5 Å². The van der Waals surface area contributed by atoms with E-state index in [1.807, 2.05) is 35.9 Å². The second-order valence-electron chi connectivity index (χ2n) is 5.79. The van der Waals surface area contributed by atoms with Gasteiger partial charge in [0.2, 0.25) is 0 Å². The average molecular weight is 385 g/mol. The van der Waals surface area contributed by atoms with Gasteiger partial charge in [-0.15, -0.1) is 0 Å². The third-order valence-electron chi connectivity index (χ3n) is 4.00. The predicted molar refractivity (Wildman–Crippen MR) is 101 cm³/mol. The van der Waals surface area contributed by atoms with Crippen molar-refractivity contribution < 1.29 is 4.74 Å². The molecule has 0 amide bonds. The van der Waals surface area contributed by atoms with Crippen molar-refractivity contribution in [2.45, 2.75) is 13.6 Å².